The van der Waals surface area contributed by atoms with E-state index in [-0.39, 0.29) is 0 Å². The van der Waals surface area contributed by atoms with Gasteiger partial charge in [0.2, 0.25) is 0 Å². The van der Waals surface area contributed by atoms with E-state index in [9.17, 15) is 21.0 Å². The predicted octanol–water partition coefficient (Wildman–Crippen LogP) is 6.63. The largest absolute Gasteiger partial charge is 0.192 e. The molecule has 4 nitrogen and oxygen atoms in total. The summed E-state index contributed by atoms with van der Waals surface area (Å²) in [4.78, 5) is 0. The van der Waals surface area contributed by atoms with Crippen molar-refractivity contribution in [3.63, 3.8) is 0 Å². The summed E-state index contributed by atoms with van der Waals surface area (Å²) < 4.78 is 0. The molecule has 0 aromatic heterocycles. The average Bonchev–Trinajstić information content (AvgIpc) is 2.99. The molecule has 0 amide bonds. The van der Waals surface area contributed by atoms with Gasteiger partial charge in [-0.15, -0.1) is 0 Å². The number of rotatable bonds is 0. The Balaban J connectivity index is 1.60. The number of fused-ring (bicyclic) bond motifs is 8. The van der Waals surface area contributed by atoms with Gasteiger partial charge < -0.3 is 0 Å². The second-order valence-electron chi connectivity index (χ2n) is 10.3. The van der Waals surface area contributed by atoms with Crippen LogP contribution in [0.15, 0.2) is 72.8 Å². The van der Waals surface area contributed by atoms with Gasteiger partial charge in [0.1, 0.15) is 0 Å². The van der Waals surface area contributed by atoms with Crippen LogP contribution in [0.25, 0.3) is 0 Å². The van der Waals surface area contributed by atoms with Crippen LogP contribution in [0.2, 0.25) is 0 Å². The van der Waals surface area contributed by atoms with Crippen LogP contribution in [-0.4, -0.2) is 0 Å². The van der Waals surface area contributed by atoms with E-state index in [2.05, 4.69) is 24.3 Å². The molecule has 8 bridgehead atoms. The molecule has 0 heterocycles. The quantitative estimate of drug-likeness (QED) is 0.262. The van der Waals surface area contributed by atoms with Crippen molar-refractivity contribution < 1.29 is 0 Å². The van der Waals surface area contributed by atoms with Crippen molar-refractivity contribution in [2.45, 2.75) is 51.4 Å². The Hall–Kier alpha value is -5.16. The highest BCUT2D eigenvalue weighted by Crippen LogP contribution is 2.25. The van der Waals surface area contributed by atoms with E-state index in [0.29, 0.717) is 73.6 Å². The Bertz CT molecular complexity index is 1400. The molecule has 0 atom stereocenters. The first-order valence-electron chi connectivity index (χ1n) is 13.7. The highest BCUT2D eigenvalue weighted by Gasteiger charge is 2.16. The first kappa shape index (κ1) is 26.4. The lowest BCUT2D eigenvalue weighted by Gasteiger charge is -2.15. The van der Waals surface area contributed by atoms with Crippen molar-refractivity contribution in [2.24, 2.45) is 0 Å². The Morgan fingerprint density at radius 2 is 0.450 bits per heavy atom. The van der Waals surface area contributed by atoms with E-state index in [1.165, 1.54) is 0 Å². The molecule has 0 N–H and O–H groups in total. The third kappa shape index (κ3) is 5.36. The lowest BCUT2D eigenvalue weighted by molar-refractivity contribution is 0.892. The SMILES string of the molecule is N#Cc1c2cccc1CCc1cccc(c1C#N)CCc1cccc(c1C#N)CCc1cccc(c1C#N)CC2. The Morgan fingerprint density at radius 3 is 0.575 bits per heavy atom. The second-order valence-corrected chi connectivity index (χ2v) is 10.3. The molecule has 4 heteroatoms. The molecule has 0 saturated heterocycles. The second kappa shape index (κ2) is 12.1. The van der Waals surface area contributed by atoms with Crippen LogP contribution < -0.4 is 0 Å². The van der Waals surface area contributed by atoms with Crippen LogP contribution in [0.4, 0.5) is 0 Å². The van der Waals surface area contributed by atoms with E-state index < -0.39 is 0 Å². The summed E-state index contributed by atoms with van der Waals surface area (Å²) in [5, 5.41) is 40.3. The van der Waals surface area contributed by atoms with Crippen LogP contribution in [0.5, 0.6) is 0 Å². The van der Waals surface area contributed by atoms with E-state index in [1.807, 2.05) is 72.8 Å². The highest BCUT2D eigenvalue weighted by atomic mass is 14.3. The summed E-state index contributed by atoms with van der Waals surface area (Å²) in [6.07, 6.45) is 5.29. The van der Waals surface area contributed by atoms with Gasteiger partial charge in [-0.05, 0) is 95.9 Å². The number of nitriles is 4. The molecule has 4 aromatic rings. The molecule has 1 aliphatic rings. The van der Waals surface area contributed by atoms with Gasteiger partial charge in [-0.3, -0.25) is 0 Å². The zero-order valence-corrected chi connectivity index (χ0v) is 22.4. The van der Waals surface area contributed by atoms with Gasteiger partial charge in [0, 0.05) is 0 Å². The lowest BCUT2D eigenvalue weighted by atomic mass is 9.88. The topological polar surface area (TPSA) is 95.2 Å². The van der Waals surface area contributed by atoms with Gasteiger partial charge in [0.15, 0.2) is 0 Å². The summed E-state index contributed by atoms with van der Waals surface area (Å²) in [7, 11) is 0. The minimum Gasteiger partial charge on any atom is -0.192 e. The molecule has 192 valence electrons. The molecule has 0 unspecified atom stereocenters. The minimum atomic E-state index is 0.661. The van der Waals surface area contributed by atoms with Crippen LogP contribution in [0, 0.1) is 45.3 Å². The van der Waals surface area contributed by atoms with Gasteiger partial charge in [0.25, 0.3) is 0 Å². The maximum Gasteiger partial charge on any atom is 0.0997 e. The Morgan fingerprint density at radius 1 is 0.300 bits per heavy atom. The van der Waals surface area contributed by atoms with Crippen LogP contribution >= 0.6 is 0 Å². The maximum atomic E-state index is 10.1. The van der Waals surface area contributed by atoms with Crippen molar-refractivity contribution in [1.29, 1.82) is 21.0 Å². The number of aryl methyl sites for hydroxylation is 8. The van der Waals surface area contributed by atoms with Crippen molar-refractivity contribution >= 4 is 0 Å². The smallest absolute Gasteiger partial charge is 0.0997 e. The number of hydrogen-bond acceptors (Lipinski definition) is 4. The normalized spacial score (nSPS) is 13.1. The molecule has 4 aromatic carbocycles. The first-order chi connectivity index (χ1) is 19.7. The molecule has 0 radical (unpaired) electrons. The number of benzene rings is 4. The molecular weight excluding hydrogens is 488 g/mol. The molecular formula is C36H28N4. The maximum absolute atomic E-state index is 10.1. The molecule has 0 fully saturated rings. The molecule has 5 rings (SSSR count). The van der Waals surface area contributed by atoms with Gasteiger partial charge in [-0.2, -0.15) is 21.0 Å². The third-order valence-electron chi connectivity index (χ3n) is 8.05. The molecule has 40 heavy (non-hydrogen) atoms. The first-order valence-corrected chi connectivity index (χ1v) is 13.7. The van der Waals surface area contributed by atoms with Crippen molar-refractivity contribution in [2.75, 3.05) is 0 Å². The number of hydrogen-bond donors (Lipinski definition) is 0. The van der Waals surface area contributed by atoms with Gasteiger partial charge in [0.05, 0.1) is 46.5 Å². The average molecular weight is 517 g/mol. The lowest BCUT2D eigenvalue weighted by Crippen LogP contribution is -2.06. The van der Waals surface area contributed by atoms with E-state index in [1.54, 1.807) is 0 Å². The Labute approximate surface area is 236 Å². The zero-order valence-electron chi connectivity index (χ0n) is 22.4. The number of nitrogens with zero attached hydrogens (tertiary/aromatic N) is 4. The fourth-order valence-corrected chi connectivity index (χ4v) is 5.93. The molecule has 0 spiro atoms. The Kier molecular flexibility index (Phi) is 8.02. The van der Waals surface area contributed by atoms with Crippen molar-refractivity contribution in [3.8, 4) is 24.3 Å². The zero-order chi connectivity index (χ0) is 27.9. The van der Waals surface area contributed by atoms with Crippen LogP contribution in [0.3, 0.4) is 0 Å². The summed E-state index contributed by atoms with van der Waals surface area (Å²) in [6, 6.07) is 33.7. The summed E-state index contributed by atoms with van der Waals surface area (Å²) in [5.74, 6) is 0. The van der Waals surface area contributed by atoms with E-state index in [0.717, 1.165) is 44.5 Å². The molecule has 0 aliphatic heterocycles. The fourth-order valence-electron chi connectivity index (χ4n) is 5.93. The van der Waals surface area contributed by atoms with Gasteiger partial charge in [-0.25, -0.2) is 0 Å². The standard InChI is InChI=1S/C36H28N4/c37-21-33-25-5-1-6-26(33)14-16-28-8-3-10-30(35(28)23-39)18-20-32-12-4-11-31(36(32)24-40)19-17-29-9-2-7-27(15-13-25)34(29)22-38/h1-12H,13-20H2. The van der Waals surface area contributed by atoms with Crippen LogP contribution in [-0.2, 0) is 51.4 Å². The van der Waals surface area contributed by atoms with Crippen molar-refractivity contribution in [1.82, 2.24) is 0 Å². The third-order valence-corrected chi connectivity index (χ3v) is 8.05. The van der Waals surface area contributed by atoms with Gasteiger partial charge >= 0.3 is 0 Å². The molecule has 0 saturated carbocycles. The minimum absolute atomic E-state index is 0.661. The highest BCUT2D eigenvalue weighted by molar-refractivity contribution is 5.51. The molecule has 1 aliphatic carbocycles. The van der Waals surface area contributed by atoms with Gasteiger partial charge in [-0.1, -0.05) is 72.8 Å². The predicted molar refractivity (Wildman–Crippen MR) is 154 cm³/mol. The summed E-state index contributed by atoms with van der Waals surface area (Å²) >= 11 is 0. The van der Waals surface area contributed by atoms with E-state index >= 15 is 0 Å². The monoisotopic (exact) mass is 516 g/mol. The van der Waals surface area contributed by atoms with Crippen LogP contribution in [0.1, 0.15) is 66.8 Å². The summed E-state index contributed by atoms with van der Waals surface area (Å²) in [5.41, 5.74) is 10.6. The van der Waals surface area contributed by atoms with Crippen molar-refractivity contribution in [3.05, 3.63) is 140 Å². The fraction of sp³-hybridized carbons (Fsp3) is 0.222. The van der Waals surface area contributed by atoms with E-state index in [4.69, 9.17) is 0 Å². The summed E-state index contributed by atoms with van der Waals surface area (Å²) in [6.45, 7) is 0.